The molecular formula is C19H30N2O3. The van der Waals surface area contributed by atoms with E-state index >= 15 is 0 Å². The Morgan fingerprint density at radius 3 is 2.29 bits per heavy atom. The second kappa shape index (κ2) is 9.52. The molecule has 5 heteroatoms. The lowest BCUT2D eigenvalue weighted by atomic mass is 10.2. The summed E-state index contributed by atoms with van der Waals surface area (Å²) in [7, 11) is 1.64. The van der Waals surface area contributed by atoms with Crippen LogP contribution in [0.1, 0.15) is 26.7 Å². The SMILES string of the molecule is COc1ccc(OCCCC(=O)N2CCN(CC(C)C)CC2)cc1. The Morgan fingerprint density at radius 1 is 1.08 bits per heavy atom. The van der Waals surface area contributed by atoms with E-state index in [1.807, 2.05) is 29.2 Å². The van der Waals surface area contributed by atoms with Crippen molar-refractivity contribution < 1.29 is 14.3 Å². The summed E-state index contributed by atoms with van der Waals surface area (Å²) < 4.78 is 10.8. The molecule has 2 rings (SSSR count). The quantitative estimate of drug-likeness (QED) is 0.686. The second-order valence-electron chi connectivity index (χ2n) is 6.70. The molecule has 0 spiro atoms. The number of ether oxygens (including phenoxy) is 2. The summed E-state index contributed by atoms with van der Waals surface area (Å²) in [6.07, 6.45) is 1.30. The van der Waals surface area contributed by atoms with Crippen LogP contribution in [0.2, 0.25) is 0 Å². The first kappa shape index (κ1) is 18.6. The molecule has 134 valence electrons. The highest BCUT2D eigenvalue weighted by atomic mass is 16.5. The van der Waals surface area contributed by atoms with Gasteiger partial charge in [-0.25, -0.2) is 0 Å². The van der Waals surface area contributed by atoms with Crippen molar-refractivity contribution in [3.63, 3.8) is 0 Å². The maximum absolute atomic E-state index is 12.3. The number of rotatable bonds is 8. The van der Waals surface area contributed by atoms with Crippen LogP contribution in [0.25, 0.3) is 0 Å². The number of benzene rings is 1. The Balaban J connectivity index is 1.61. The summed E-state index contributed by atoms with van der Waals surface area (Å²) in [5, 5.41) is 0. The highest BCUT2D eigenvalue weighted by Crippen LogP contribution is 2.17. The van der Waals surface area contributed by atoms with E-state index in [0.717, 1.165) is 50.6 Å². The summed E-state index contributed by atoms with van der Waals surface area (Å²) in [4.78, 5) is 16.7. The Bertz CT molecular complexity index is 494. The first-order valence-electron chi connectivity index (χ1n) is 8.85. The van der Waals surface area contributed by atoms with Crippen LogP contribution in [0.5, 0.6) is 11.5 Å². The molecule has 1 saturated heterocycles. The fourth-order valence-electron chi connectivity index (χ4n) is 2.94. The van der Waals surface area contributed by atoms with Crippen LogP contribution in [-0.2, 0) is 4.79 Å². The van der Waals surface area contributed by atoms with Gasteiger partial charge in [-0.3, -0.25) is 9.69 Å². The number of piperazine rings is 1. The minimum Gasteiger partial charge on any atom is -0.497 e. The molecule has 1 aliphatic heterocycles. The van der Waals surface area contributed by atoms with E-state index in [-0.39, 0.29) is 5.91 Å². The van der Waals surface area contributed by atoms with Gasteiger partial charge in [0.15, 0.2) is 0 Å². The van der Waals surface area contributed by atoms with Gasteiger partial charge in [-0.05, 0) is 36.6 Å². The van der Waals surface area contributed by atoms with E-state index in [0.29, 0.717) is 18.9 Å². The number of carbonyl (C=O) groups is 1. The zero-order valence-corrected chi connectivity index (χ0v) is 15.2. The van der Waals surface area contributed by atoms with E-state index in [4.69, 9.17) is 9.47 Å². The van der Waals surface area contributed by atoms with Gasteiger partial charge in [0.05, 0.1) is 13.7 Å². The van der Waals surface area contributed by atoms with Crippen molar-refractivity contribution in [2.45, 2.75) is 26.7 Å². The predicted molar refractivity (Wildman–Crippen MR) is 95.6 cm³/mol. The smallest absolute Gasteiger partial charge is 0.222 e. The lowest BCUT2D eigenvalue weighted by molar-refractivity contribution is -0.133. The van der Waals surface area contributed by atoms with Crippen LogP contribution < -0.4 is 9.47 Å². The second-order valence-corrected chi connectivity index (χ2v) is 6.70. The summed E-state index contributed by atoms with van der Waals surface area (Å²) in [6.45, 7) is 9.85. The molecule has 0 aromatic heterocycles. The maximum atomic E-state index is 12.3. The number of carbonyl (C=O) groups excluding carboxylic acids is 1. The van der Waals surface area contributed by atoms with Gasteiger partial charge in [-0.2, -0.15) is 0 Å². The standard InChI is InChI=1S/C19H30N2O3/c1-16(2)15-20-10-12-21(13-11-20)19(22)5-4-14-24-18-8-6-17(23-3)7-9-18/h6-9,16H,4-5,10-15H2,1-3H3. The third kappa shape index (κ3) is 6.04. The van der Waals surface area contributed by atoms with E-state index in [9.17, 15) is 4.79 Å². The van der Waals surface area contributed by atoms with E-state index in [1.54, 1.807) is 7.11 Å². The normalized spacial score (nSPS) is 15.6. The fourth-order valence-corrected chi connectivity index (χ4v) is 2.94. The average Bonchev–Trinajstić information content (AvgIpc) is 2.59. The van der Waals surface area contributed by atoms with Gasteiger partial charge in [-0.15, -0.1) is 0 Å². The fraction of sp³-hybridized carbons (Fsp3) is 0.632. The van der Waals surface area contributed by atoms with E-state index < -0.39 is 0 Å². The Morgan fingerprint density at radius 2 is 1.71 bits per heavy atom. The topological polar surface area (TPSA) is 42.0 Å². The molecule has 0 radical (unpaired) electrons. The molecule has 1 heterocycles. The number of nitrogens with zero attached hydrogens (tertiary/aromatic N) is 2. The molecule has 0 atom stereocenters. The van der Waals surface area contributed by atoms with Crippen LogP contribution in [-0.4, -0.2) is 62.1 Å². The van der Waals surface area contributed by atoms with Crippen LogP contribution in [0, 0.1) is 5.92 Å². The molecule has 24 heavy (non-hydrogen) atoms. The molecule has 0 aliphatic carbocycles. The summed E-state index contributed by atoms with van der Waals surface area (Å²) in [5.74, 6) is 2.56. The van der Waals surface area contributed by atoms with Gasteiger partial charge in [0, 0.05) is 39.1 Å². The number of amides is 1. The zero-order valence-electron chi connectivity index (χ0n) is 15.2. The van der Waals surface area contributed by atoms with Crippen LogP contribution in [0.15, 0.2) is 24.3 Å². The third-order valence-corrected chi connectivity index (χ3v) is 4.21. The van der Waals surface area contributed by atoms with Crippen LogP contribution in [0.4, 0.5) is 0 Å². The Hall–Kier alpha value is -1.75. The van der Waals surface area contributed by atoms with E-state index in [2.05, 4.69) is 18.7 Å². The van der Waals surface area contributed by atoms with Gasteiger partial charge >= 0.3 is 0 Å². The monoisotopic (exact) mass is 334 g/mol. The van der Waals surface area contributed by atoms with Gasteiger partial charge in [0.1, 0.15) is 11.5 Å². The zero-order chi connectivity index (χ0) is 17.4. The number of hydrogen-bond acceptors (Lipinski definition) is 4. The molecule has 1 amide bonds. The average molecular weight is 334 g/mol. The minimum atomic E-state index is 0.248. The molecule has 1 aliphatic rings. The van der Waals surface area contributed by atoms with Crippen LogP contribution >= 0.6 is 0 Å². The van der Waals surface area contributed by atoms with Crippen LogP contribution in [0.3, 0.4) is 0 Å². The van der Waals surface area contributed by atoms with Crippen molar-refractivity contribution in [3.05, 3.63) is 24.3 Å². The third-order valence-electron chi connectivity index (χ3n) is 4.21. The highest BCUT2D eigenvalue weighted by Gasteiger charge is 2.20. The van der Waals surface area contributed by atoms with Crippen molar-refractivity contribution in [1.82, 2.24) is 9.80 Å². The molecule has 0 saturated carbocycles. The minimum absolute atomic E-state index is 0.248. The van der Waals surface area contributed by atoms with E-state index in [1.165, 1.54) is 0 Å². The maximum Gasteiger partial charge on any atom is 0.222 e. The first-order chi connectivity index (χ1) is 11.6. The van der Waals surface area contributed by atoms with Crippen molar-refractivity contribution in [3.8, 4) is 11.5 Å². The number of hydrogen-bond donors (Lipinski definition) is 0. The summed E-state index contributed by atoms with van der Waals surface area (Å²) in [6, 6.07) is 7.51. The Kier molecular flexibility index (Phi) is 7.37. The largest absolute Gasteiger partial charge is 0.497 e. The van der Waals surface area contributed by atoms with Gasteiger partial charge in [0.2, 0.25) is 5.91 Å². The molecule has 1 aromatic carbocycles. The lowest BCUT2D eigenvalue weighted by Crippen LogP contribution is -2.49. The van der Waals surface area contributed by atoms with Crippen molar-refractivity contribution >= 4 is 5.91 Å². The molecule has 0 N–H and O–H groups in total. The number of methoxy groups -OCH3 is 1. The molecule has 1 aromatic rings. The molecule has 0 bridgehead atoms. The lowest BCUT2D eigenvalue weighted by Gasteiger charge is -2.35. The van der Waals surface area contributed by atoms with Crippen molar-refractivity contribution in [1.29, 1.82) is 0 Å². The van der Waals surface area contributed by atoms with Gasteiger partial charge < -0.3 is 14.4 Å². The molecule has 1 fully saturated rings. The Labute approximate surface area is 145 Å². The first-order valence-corrected chi connectivity index (χ1v) is 8.85. The van der Waals surface area contributed by atoms with Crippen molar-refractivity contribution in [2.75, 3.05) is 46.4 Å². The molecule has 5 nitrogen and oxygen atoms in total. The highest BCUT2D eigenvalue weighted by molar-refractivity contribution is 5.76. The summed E-state index contributed by atoms with van der Waals surface area (Å²) >= 11 is 0. The van der Waals surface area contributed by atoms with Gasteiger partial charge in [-0.1, -0.05) is 13.8 Å². The summed E-state index contributed by atoms with van der Waals surface area (Å²) in [5.41, 5.74) is 0. The molecule has 0 unspecified atom stereocenters. The van der Waals surface area contributed by atoms with Crippen molar-refractivity contribution in [2.24, 2.45) is 5.92 Å². The predicted octanol–water partition coefficient (Wildman–Crippen LogP) is 2.65. The molecular weight excluding hydrogens is 304 g/mol. The van der Waals surface area contributed by atoms with Gasteiger partial charge in [0.25, 0.3) is 0 Å².